The van der Waals surface area contributed by atoms with Gasteiger partial charge in [0.15, 0.2) is 0 Å². The van der Waals surface area contributed by atoms with Crippen LogP contribution < -0.4 is 0 Å². The minimum atomic E-state index is 0.901. The van der Waals surface area contributed by atoms with Gasteiger partial charge in [0.05, 0.1) is 0 Å². The molecule has 3 aromatic rings. The molecule has 3 nitrogen and oxygen atoms in total. The van der Waals surface area contributed by atoms with Gasteiger partial charge in [0.1, 0.15) is 11.0 Å². The molecule has 0 saturated heterocycles. The van der Waals surface area contributed by atoms with Gasteiger partial charge in [0.2, 0.25) is 0 Å². The lowest BCUT2D eigenvalue weighted by Gasteiger charge is -2.05. The highest BCUT2D eigenvalue weighted by molar-refractivity contribution is 5.81. The van der Waals surface area contributed by atoms with Crippen LogP contribution in [0.3, 0.4) is 0 Å². The normalized spacial score (nSPS) is 10.9. The molecule has 3 rings (SSSR count). The van der Waals surface area contributed by atoms with Crippen molar-refractivity contribution in [3.63, 3.8) is 0 Å². The average Bonchev–Trinajstić information content (AvgIpc) is 2.79. The third kappa shape index (κ3) is 1.69. The van der Waals surface area contributed by atoms with Crippen LogP contribution in [0.25, 0.3) is 22.2 Å². The Kier molecular flexibility index (Phi) is 2.18. The first-order valence-corrected chi connectivity index (χ1v) is 5.62. The molecule has 17 heavy (non-hydrogen) atoms. The first-order chi connectivity index (χ1) is 8.24. The van der Waals surface area contributed by atoms with Gasteiger partial charge in [-0.2, -0.15) is 15.4 Å². The molecule has 0 spiro atoms. The van der Waals surface area contributed by atoms with Gasteiger partial charge in [-0.25, -0.2) is 0 Å². The first-order valence-electron chi connectivity index (χ1n) is 5.62. The summed E-state index contributed by atoms with van der Waals surface area (Å²) in [6.07, 6.45) is 0. The molecular weight excluding hydrogens is 210 g/mol. The van der Waals surface area contributed by atoms with Crippen molar-refractivity contribution >= 4 is 11.0 Å². The monoisotopic (exact) mass is 223 g/mol. The molecule has 1 heterocycles. The molecule has 1 aromatic heterocycles. The fraction of sp³-hybridized carbons (Fsp3) is 0.143. The van der Waals surface area contributed by atoms with E-state index in [-0.39, 0.29) is 0 Å². The summed E-state index contributed by atoms with van der Waals surface area (Å²) in [5.41, 5.74) is 6.82. The number of nitrogens with one attached hydrogen (secondary N) is 1. The summed E-state index contributed by atoms with van der Waals surface area (Å²) in [6, 6.07) is 12.6. The van der Waals surface area contributed by atoms with E-state index >= 15 is 0 Å². The Morgan fingerprint density at radius 2 is 1.47 bits per heavy atom. The summed E-state index contributed by atoms with van der Waals surface area (Å²) in [5, 5.41) is 10.8. The quantitative estimate of drug-likeness (QED) is 0.688. The number of nitrogens with zero attached hydrogens (tertiary/aromatic N) is 2. The Hall–Kier alpha value is -2.16. The van der Waals surface area contributed by atoms with Crippen molar-refractivity contribution in [3.8, 4) is 11.1 Å². The van der Waals surface area contributed by atoms with Gasteiger partial charge in [-0.15, -0.1) is 0 Å². The van der Waals surface area contributed by atoms with Gasteiger partial charge in [0, 0.05) is 0 Å². The van der Waals surface area contributed by atoms with Crippen LogP contribution in [-0.4, -0.2) is 15.4 Å². The van der Waals surface area contributed by atoms with E-state index in [0.717, 1.165) is 11.0 Å². The maximum absolute atomic E-state index is 4.11. The number of hydrogen-bond donors (Lipinski definition) is 1. The topological polar surface area (TPSA) is 41.6 Å². The van der Waals surface area contributed by atoms with Crippen molar-refractivity contribution in [2.24, 2.45) is 0 Å². The Bertz CT molecular complexity index is 683. The molecule has 0 saturated carbocycles. The standard InChI is InChI=1S/C14H13N3/c1-9-3-4-11(7-10(9)2)12-5-6-13-14(8-12)16-17-15-13/h3-8H,1-2H3,(H,15,16,17). The van der Waals surface area contributed by atoms with Gasteiger partial charge in [-0.05, 0) is 48.2 Å². The number of benzene rings is 2. The number of hydrogen-bond acceptors (Lipinski definition) is 2. The zero-order valence-electron chi connectivity index (χ0n) is 9.86. The van der Waals surface area contributed by atoms with Crippen molar-refractivity contribution in [3.05, 3.63) is 47.5 Å². The SMILES string of the molecule is Cc1ccc(-c2ccc3n[nH]nc3c2)cc1C. The van der Waals surface area contributed by atoms with Gasteiger partial charge < -0.3 is 0 Å². The van der Waals surface area contributed by atoms with Gasteiger partial charge in [-0.3, -0.25) is 0 Å². The predicted octanol–water partition coefficient (Wildman–Crippen LogP) is 3.24. The molecule has 0 unspecified atom stereocenters. The highest BCUT2D eigenvalue weighted by Gasteiger charge is 2.03. The van der Waals surface area contributed by atoms with Crippen molar-refractivity contribution < 1.29 is 0 Å². The summed E-state index contributed by atoms with van der Waals surface area (Å²) in [7, 11) is 0. The third-order valence-corrected chi connectivity index (χ3v) is 3.16. The van der Waals surface area contributed by atoms with Crippen molar-refractivity contribution in [1.29, 1.82) is 0 Å². The van der Waals surface area contributed by atoms with Crippen LogP contribution in [0.15, 0.2) is 36.4 Å². The van der Waals surface area contributed by atoms with E-state index in [2.05, 4.69) is 59.6 Å². The van der Waals surface area contributed by atoms with E-state index in [0.29, 0.717) is 0 Å². The van der Waals surface area contributed by atoms with E-state index in [4.69, 9.17) is 0 Å². The van der Waals surface area contributed by atoms with Gasteiger partial charge in [-0.1, -0.05) is 24.3 Å². The summed E-state index contributed by atoms with van der Waals surface area (Å²) >= 11 is 0. The van der Waals surface area contributed by atoms with Gasteiger partial charge in [0.25, 0.3) is 0 Å². The van der Waals surface area contributed by atoms with Crippen LogP contribution in [0, 0.1) is 13.8 Å². The highest BCUT2D eigenvalue weighted by Crippen LogP contribution is 2.24. The van der Waals surface area contributed by atoms with Crippen molar-refractivity contribution in [2.45, 2.75) is 13.8 Å². The molecule has 0 aliphatic heterocycles. The van der Waals surface area contributed by atoms with Crippen LogP contribution in [0.4, 0.5) is 0 Å². The highest BCUT2D eigenvalue weighted by atomic mass is 15.3. The number of fused-ring (bicyclic) bond motifs is 1. The lowest BCUT2D eigenvalue weighted by Crippen LogP contribution is -1.83. The van der Waals surface area contributed by atoms with Crippen LogP contribution in [0.2, 0.25) is 0 Å². The lowest BCUT2D eigenvalue weighted by atomic mass is 10.0. The molecule has 0 amide bonds. The summed E-state index contributed by atoms with van der Waals surface area (Å²) in [6.45, 7) is 4.26. The molecule has 0 aliphatic carbocycles. The van der Waals surface area contributed by atoms with E-state index in [1.807, 2.05) is 6.07 Å². The van der Waals surface area contributed by atoms with Gasteiger partial charge >= 0.3 is 0 Å². The molecule has 1 N–H and O–H groups in total. The fourth-order valence-electron chi connectivity index (χ4n) is 1.94. The number of aromatic amines is 1. The van der Waals surface area contributed by atoms with Crippen LogP contribution >= 0.6 is 0 Å². The number of rotatable bonds is 1. The minimum Gasteiger partial charge on any atom is -0.197 e. The van der Waals surface area contributed by atoms with E-state index in [9.17, 15) is 0 Å². The summed E-state index contributed by atoms with van der Waals surface area (Å²) in [4.78, 5) is 0. The Labute approximate surface area is 99.5 Å². The maximum Gasteiger partial charge on any atom is 0.113 e. The number of H-pyrrole nitrogens is 1. The molecule has 3 heteroatoms. The minimum absolute atomic E-state index is 0.901. The zero-order chi connectivity index (χ0) is 11.8. The Balaban J connectivity index is 2.16. The van der Waals surface area contributed by atoms with E-state index < -0.39 is 0 Å². The molecular formula is C14H13N3. The zero-order valence-corrected chi connectivity index (χ0v) is 9.86. The number of aryl methyl sites for hydroxylation is 2. The van der Waals surface area contributed by atoms with Crippen LogP contribution in [0.5, 0.6) is 0 Å². The summed E-state index contributed by atoms with van der Waals surface area (Å²) in [5.74, 6) is 0. The molecule has 84 valence electrons. The predicted molar refractivity (Wildman–Crippen MR) is 68.8 cm³/mol. The maximum atomic E-state index is 4.11. The smallest absolute Gasteiger partial charge is 0.113 e. The molecule has 0 fully saturated rings. The summed E-state index contributed by atoms with van der Waals surface area (Å²) < 4.78 is 0. The molecule has 0 atom stereocenters. The number of aromatic nitrogens is 3. The molecule has 0 radical (unpaired) electrons. The van der Waals surface area contributed by atoms with Crippen LogP contribution in [-0.2, 0) is 0 Å². The van der Waals surface area contributed by atoms with Crippen molar-refractivity contribution in [1.82, 2.24) is 15.4 Å². The van der Waals surface area contributed by atoms with Crippen LogP contribution in [0.1, 0.15) is 11.1 Å². The largest absolute Gasteiger partial charge is 0.197 e. The third-order valence-electron chi connectivity index (χ3n) is 3.16. The van der Waals surface area contributed by atoms with E-state index in [1.54, 1.807) is 0 Å². The average molecular weight is 223 g/mol. The first kappa shape index (κ1) is 10.0. The van der Waals surface area contributed by atoms with E-state index in [1.165, 1.54) is 22.3 Å². The second-order valence-electron chi connectivity index (χ2n) is 4.33. The molecule has 2 aromatic carbocycles. The Morgan fingerprint density at radius 1 is 0.765 bits per heavy atom. The van der Waals surface area contributed by atoms with Crippen molar-refractivity contribution in [2.75, 3.05) is 0 Å². The second kappa shape index (κ2) is 3.70. The lowest BCUT2D eigenvalue weighted by molar-refractivity contribution is 0.959. The second-order valence-corrected chi connectivity index (χ2v) is 4.33. The fourth-order valence-corrected chi connectivity index (χ4v) is 1.94. The molecule has 0 aliphatic rings. The molecule has 0 bridgehead atoms. The Morgan fingerprint density at radius 3 is 2.29 bits per heavy atom.